The van der Waals surface area contributed by atoms with Gasteiger partial charge in [-0.3, -0.25) is 0 Å². The molecule has 0 unspecified atom stereocenters. The van der Waals surface area contributed by atoms with E-state index in [9.17, 15) is 0 Å². The Kier molecular flexibility index (Phi) is 2.24. The lowest BCUT2D eigenvalue weighted by Crippen LogP contribution is -1.92. The first-order chi connectivity index (χ1) is 8.20. The van der Waals surface area contributed by atoms with E-state index in [1.807, 2.05) is 0 Å². The second-order valence-corrected chi connectivity index (χ2v) is 4.55. The van der Waals surface area contributed by atoms with E-state index in [2.05, 4.69) is 10.1 Å². The van der Waals surface area contributed by atoms with Crippen molar-refractivity contribution in [2.45, 2.75) is 19.3 Å². The van der Waals surface area contributed by atoms with Crippen molar-refractivity contribution in [2.24, 2.45) is 5.92 Å². The fraction of sp³-hybridized carbons (Fsp3) is 0.333. The van der Waals surface area contributed by atoms with E-state index in [0.717, 1.165) is 23.7 Å². The summed E-state index contributed by atoms with van der Waals surface area (Å²) in [5, 5.41) is 3.96. The zero-order valence-electron chi connectivity index (χ0n) is 9.39. The van der Waals surface area contributed by atoms with Gasteiger partial charge in [0.15, 0.2) is 5.82 Å². The van der Waals surface area contributed by atoms with Crippen LogP contribution in [0.25, 0.3) is 11.5 Å². The molecule has 88 valence electrons. The van der Waals surface area contributed by atoms with E-state index in [1.54, 1.807) is 18.2 Å². The maximum absolute atomic E-state index is 5.72. The van der Waals surface area contributed by atoms with Crippen molar-refractivity contribution >= 4 is 11.4 Å². The molecular formula is C12H14N4O. The van der Waals surface area contributed by atoms with Crippen molar-refractivity contribution in [2.75, 3.05) is 11.5 Å². The number of rotatable bonds is 3. The Morgan fingerprint density at radius 1 is 1.18 bits per heavy atom. The van der Waals surface area contributed by atoms with Gasteiger partial charge in [0, 0.05) is 23.4 Å². The fourth-order valence-electron chi connectivity index (χ4n) is 1.83. The van der Waals surface area contributed by atoms with E-state index < -0.39 is 0 Å². The van der Waals surface area contributed by atoms with Crippen LogP contribution in [0.2, 0.25) is 0 Å². The molecule has 5 nitrogen and oxygen atoms in total. The first-order valence-corrected chi connectivity index (χ1v) is 5.70. The Hall–Kier alpha value is -2.04. The average Bonchev–Trinajstić information content (AvgIpc) is 2.93. The van der Waals surface area contributed by atoms with Gasteiger partial charge in [0.1, 0.15) is 0 Å². The molecular weight excluding hydrogens is 216 g/mol. The lowest BCUT2D eigenvalue weighted by molar-refractivity contribution is 0.421. The van der Waals surface area contributed by atoms with Crippen LogP contribution in [0.4, 0.5) is 11.4 Å². The third-order valence-corrected chi connectivity index (χ3v) is 2.86. The summed E-state index contributed by atoms with van der Waals surface area (Å²) in [6.07, 6.45) is 3.45. The number of nitrogens with zero attached hydrogens (tertiary/aromatic N) is 2. The first kappa shape index (κ1) is 10.1. The van der Waals surface area contributed by atoms with Gasteiger partial charge in [-0.1, -0.05) is 5.16 Å². The second-order valence-electron chi connectivity index (χ2n) is 4.55. The predicted octanol–water partition coefficient (Wildman–Crippen LogP) is 1.85. The Bertz CT molecular complexity index is 525. The van der Waals surface area contributed by atoms with Crippen LogP contribution >= 0.6 is 0 Å². The topological polar surface area (TPSA) is 91.0 Å². The van der Waals surface area contributed by atoms with Crippen molar-refractivity contribution in [3.05, 3.63) is 24.0 Å². The summed E-state index contributed by atoms with van der Waals surface area (Å²) in [5.74, 6) is 1.99. The minimum absolute atomic E-state index is 0.486. The van der Waals surface area contributed by atoms with E-state index in [1.165, 1.54) is 12.8 Å². The number of nitrogens with two attached hydrogens (primary N) is 2. The van der Waals surface area contributed by atoms with Crippen LogP contribution in [-0.2, 0) is 6.42 Å². The number of nitrogen functional groups attached to an aromatic ring is 2. The van der Waals surface area contributed by atoms with Crippen LogP contribution in [0.15, 0.2) is 22.7 Å². The van der Waals surface area contributed by atoms with Gasteiger partial charge in [0.25, 0.3) is 5.89 Å². The van der Waals surface area contributed by atoms with Crippen LogP contribution in [0.5, 0.6) is 0 Å². The summed E-state index contributed by atoms with van der Waals surface area (Å²) in [6.45, 7) is 0. The Morgan fingerprint density at radius 3 is 2.53 bits per heavy atom. The van der Waals surface area contributed by atoms with Crippen LogP contribution in [0.1, 0.15) is 18.7 Å². The lowest BCUT2D eigenvalue weighted by Gasteiger charge is -1.99. The molecule has 2 aromatic rings. The zero-order valence-corrected chi connectivity index (χ0v) is 9.39. The predicted molar refractivity (Wildman–Crippen MR) is 65.0 cm³/mol. The number of aromatic nitrogens is 2. The highest BCUT2D eigenvalue weighted by molar-refractivity contribution is 5.67. The van der Waals surface area contributed by atoms with E-state index in [-0.39, 0.29) is 0 Å². The van der Waals surface area contributed by atoms with Crippen molar-refractivity contribution in [1.82, 2.24) is 10.1 Å². The van der Waals surface area contributed by atoms with Crippen LogP contribution in [0.3, 0.4) is 0 Å². The first-order valence-electron chi connectivity index (χ1n) is 5.70. The molecule has 1 aromatic heterocycles. The van der Waals surface area contributed by atoms with Crippen LogP contribution in [-0.4, -0.2) is 10.1 Å². The molecule has 1 heterocycles. The number of hydrogen-bond donors (Lipinski definition) is 2. The molecule has 3 rings (SSSR count). The molecule has 0 aliphatic heterocycles. The van der Waals surface area contributed by atoms with Crippen molar-refractivity contribution in [1.29, 1.82) is 0 Å². The summed E-state index contributed by atoms with van der Waals surface area (Å²) in [4.78, 5) is 4.35. The van der Waals surface area contributed by atoms with Gasteiger partial charge in [0.2, 0.25) is 0 Å². The molecule has 0 saturated heterocycles. The molecule has 0 atom stereocenters. The molecule has 1 aliphatic carbocycles. The monoisotopic (exact) mass is 230 g/mol. The van der Waals surface area contributed by atoms with Gasteiger partial charge in [-0.05, 0) is 37.0 Å². The number of benzene rings is 1. The summed E-state index contributed by atoms with van der Waals surface area (Å²) in [7, 11) is 0. The van der Waals surface area contributed by atoms with Crippen molar-refractivity contribution in [3.63, 3.8) is 0 Å². The van der Waals surface area contributed by atoms with Gasteiger partial charge >= 0.3 is 0 Å². The normalized spacial score (nSPS) is 15.1. The molecule has 1 aliphatic rings. The molecule has 1 fully saturated rings. The molecule has 17 heavy (non-hydrogen) atoms. The highest BCUT2D eigenvalue weighted by Crippen LogP contribution is 2.32. The number of anilines is 2. The standard InChI is InChI=1S/C12H14N4O/c13-9-4-8(5-10(14)6-9)12-15-11(16-17-12)3-7-1-2-7/h4-7H,1-3,13-14H2. The second kappa shape index (κ2) is 3.76. The largest absolute Gasteiger partial charge is 0.399 e. The SMILES string of the molecule is Nc1cc(N)cc(-c2nc(CC3CC3)no2)c1. The molecule has 1 saturated carbocycles. The van der Waals surface area contributed by atoms with Gasteiger partial charge in [-0.15, -0.1) is 0 Å². The third kappa shape index (κ3) is 2.22. The zero-order chi connectivity index (χ0) is 11.8. The molecule has 0 bridgehead atoms. The maximum Gasteiger partial charge on any atom is 0.258 e. The minimum Gasteiger partial charge on any atom is -0.399 e. The number of hydrogen-bond acceptors (Lipinski definition) is 5. The van der Waals surface area contributed by atoms with E-state index >= 15 is 0 Å². The minimum atomic E-state index is 0.486. The van der Waals surface area contributed by atoms with Gasteiger partial charge in [-0.2, -0.15) is 4.98 Å². The summed E-state index contributed by atoms with van der Waals surface area (Å²) in [5.41, 5.74) is 13.4. The van der Waals surface area contributed by atoms with Crippen molar-refractivity contribution < 1.29 is 4.52 Å². The highest BCUT2D eigenvalue weighted by atomic mass is 16.5. The van der Waals surface area contributed by atoms with Gasteiger partial charge in [-0.25, -0.2) is 0 Å². The molecule has 4 N–H and O–H groups in total. The quantitative estimate of drug-likeness (QED) is 0.785. The van der Waals surface area contributed by atoms with Crippen LogP contribution < -0.4 is 11.5 Å². The van der Waals surface area contributed by atoms with Crippen LogP contribution in [0, 0.1) is 5.92 Å². The Labute approximate surface area is 98.8 Å². The molecule has 0 radical (unpaired) electrons. The molecule has 1 aromatic carbocycles. The summed E-state index contributed by atoms with van der Waals surface area (Å²) < 4.78 is 5.22. The Balaban J connectivity index is 1.88. The van der Waals surface area contributed by atoms with Gasteiger partial charge in [0.05, 0.1) is 0 Å². The third-order valence-electron chi connectivity index (χ3n) is 2.86. The highest BCUT2D eigenvalue weighted by Gasteiger charge is 2.24. The molecule has 0 amide bonds. The fourth-order valence-corrected chi connectivity index (χ4v) is 1.83. The average molecular weight is 230 g/mol. The Morgan fingerprint density at radius 2 is 1.88 bits per heavy atom. The lowest BCUT2D eigenvalue weighted by atomic mass is 10.2. The molecule has 5 heteroatoms. The van der Waals surface area contributed by atoms with E-state index in [0.29, 0.717) is 17.3 Å². The van der Waals surface area contributed by atoms with Crippen molar-refractivity contribution in [3.8, 4) is 11.5 Å². The summed E-state index contributed by atoms with van der Waals surface area (Å²) >= 11 is 0. The molecule has 0 spiro atoms. The van der Waals surface area contributed by atoms with Gasteiger partial charge < -0.3 is 16.0 Å². The maximum atomic E-state index is 5.72. The van der Waals surface area contributed by atoms with E-state index in [4.69, 9.17) is 16.0 Å². The summed E-state index contributed by atoms with van der Waals surface area (Å²) in [6, 6.07) is 5.26. The smallest absolute Gasteiger partial charge is 0.258 e.